The molecule has 56 valence electrons. The van der Waals surface area contributed by atoms with Crippen molar-refractivity contribution in [2.24, 2.45) is 0 Å². The van der Waals surface area contributed by atoms with Crippen LogP contribution in [0.5, 0.6) is 0 Å². The number of fused-ring (bicyclic) bond motifs is 1. The molecule has 0 amide bonds. The molecule has 0 atom stereocenters. The zero-order valence-electron chi connectivity index (χ0n) is 5.97. The first-order valence-electron chi connectivity index (χ1n) is 3.27. The third-order valence-electron chi connectivity index (χ3n) is 1.53. The summed E-state index contributed by atoms with van der Waals surface area (Å²) in [5, 5.41) is 0. The first kappa shape index (κ1) is 6.34. The lowest BCUT2D eigenvalue weighted by atomic mass is 10.2. The molecule has 0 unspecified atom stereocenters. The van der Waals surface area contributed by atoms with Crippen LogP contribution in [-0.2, 0) is 0 Å². The molecule has 0 N–H and O–H groups in total. The van der Waals surface area contributed by atoms with Gasteiger partial charge in [0.1, 0.15) is 5.52 Å². The van der Waals surface area contributed by atoms with Gasteiger partial charge in [0.15, 0.2) is 17.8 Å². The molecule has 0 aliphatic carbocycles. The fraction of sp³-hybridized carbons (Fsp3) is 0.125. The number of halogens is 1. The summed E-state index contributed by atoms with van der Waals surface area (Å²) in [4.78, 5) is 3.83. The van der Waals surface area contributed by atoms with Gasteiger partial charge in [0.25, 0.3) is 0 Å². The molecule has 1 aromatic heterocycles. The van der Waals surface area contributed by atoms with Crippen molar-refractivity contribution in [3.05, 3.63) is 29.9 Å². The van der Waals surface area contributed by atoms with E-state index in [-0.39, 0.29) is 11.4 Å². The second-order valence-corrected chi connectivity index (χ2v) is 2.45. The predicted octanol–water partition coefficient (Wildman–Crippen LogP) is 2.28. The van der Waals surface area contributed by atoms with E-state index in [1.165, 1.54) is 12.5 Å². The van der Waals surface area contributed by atoms with Crippen LogP contribution < -0.4 is 0 Å². The summed E-state index contributed by atoms with van der Waals surface area (Å²) in [5.74, 6) is -0.350. The van der Waals surface area contributed by atoms with Gasteiger partial charge in [-0.1, -0.05) is 0 Å². The molecule has 1 heterocycles. The maximum atomic E-state index is 12.9. The molecule has 0 saturated heterocycles. The van der Waals surface area contributed by atoms with E-state index in [2.05, 4.69) is 4.98 Å². The highest BCUT2D eigenvalue weighted by Gasteiger charge is 2.04. The highest BCUT2D eigenvalue weighted by Crippen LogP contribution is 2.17. The minimum absolute atomic E-state index is 0.232. The Kier molecular flexibility index (Phi) is 1.18. The van der Waals surface area contributed by atoms with Gasteiger partial charge in [0, 0.05) is 0 Å². The Balaban J connectivity index is 2.91. The second kappa shape index (κ2) is 2.05. The Morgan fingerprint density at radius 3 is 3.09 bits per heavy atom. The van der Waals surface area contributed by atoms with Crippen molar-refractivity contribution in [1.82, 2.24) is 4.98 Å². The standard InChI is InChI=1S/C8H6FNO/c1-5-2-6(9)8-7(3-5)10-4-11-8/h2-4H,1H3. The molecule has 0 radical (unpaired) electrons. The maximum Gasteiger partial charge on any atom is 0.190 e. The molecule has 11 heavy (non-hydrogen) atoms. The van der Waals surface area contributed by atoms with Gasteiger partial charge in [-0.05, 0) is 24.6 Å². The molecular weight excluding hydrogens is 145 g/mol. The van der Waals surface area contributed by atoms with Crippen LogP contribution in [-0.4, -0.2) is 4.98 Å². The Bertz CT molecular complexity index is 394. The predicted molar refractivity (Wildman–Crippen MR) is 38.7 cm³/mol. The molecule has 2 nitrogen and oxygen atoms in total. The minimum Gasteiger partial charge on any atom is -0.440 e. The number of benzene rings is 1. The summed E-state index contributed by atoms with van der Waals surface area (Å²) >= 11 is 0. The van der Waals surface area contributed by atoms with Gasteiger partial charge in [0.05, 0.1) is 0 Å². The van der Waals surface area contributed by atoms with E-state index in [9.17, 15) is 4.39 Å². The maximum absolute atomic E-state index is 12.9. The molecule has 0 spiro atoms. The van der Waals surface area contributed by atoms with Crippen LogP contribution in [0.1, 0.15) is 5.56 Å². The second-order valence-electron chi connectivity index (χ2n) is 2.45. The highest BCUT2D eigenvalue weighted by molar-refractivity contribution is 5.73. The van der Waals surface area contributed by atoms with Gasteiger partial charge in [-0.2, -0.15) is 0 Å². The fourth-order valence-corrected chi connectivity index (χ4v) is 1.06. The zero-order chi connectivity index (χ0) is 7.84. The Morgan fingerprint density at radius 2 is 2.27 bits per heavy atom. The van der Waals surface area contributed by atoms with Gasteiger partial charge in [-0.15, -0.1) is 0 Å². The SMILES string of the molecule is Cc1cc(F)c2ocnc2c1. The first-order valence-corrected chi connectivity index (χ1v) is 3.27. The quantitative estimate of drug-likeness (QED) is 0.577. The van der Waals surface area contributed by atoms with Crippen LogP contribution in [0.25, 0.3) is 11.1 Å². The highest BCUT2D eigenvalue weighted by atomic mass is 19.1. The smallest absolute Gasteiger partial charge is 0.190 e. The van der Waals surface area contributed by atoms with Crippen molar-refractivity contribution in [3.63, 3.8) is 0 Å². The number of hydrogen-bond donors (Lipinski definition) is 0. The lowest BCUT2D eigenvalue weighted by Crippen LogP contribution is -1.78. The molecule has 2 aromatic rings. The molecular formula is C8H6FNO. The third-order valence-corrected chi connectivity index (χ3v) is 1.53. The number of rotatable bonds is 0. The summed E-state index contributed by atoms with van der Waals surface area (Å²) in [6.45, 7) is 1.82. The van der Waals surface area contributed by atoms with Gasteiger partial charge in [-0.3, -0.25) is 0 Å². The van der Waals surface area contributed by atoms with Crippen molar-refractivity contribution < 1.29 is 8.81 Å². The Labute approximate surface area is 62.7 Å². The summed E-state index contributed by atoms with van der Waals surface area (Å²) in [6.07, 6.45) is 1.24. The van der Waals surface area contributed by atoms with Crippen molar-refractivity contribution in [1.29, 1.82) is 0 Å². The molecule has 0 bridgehead atoms. The Morgan fingerprint density at radius 1 is 1.45 bits per heavy atom. The lowest BCUT2D eigenvalue weighted by molar-refractivity contribution is 0.553. The molecule has 0 aliphatic rings. The monoisotopic (exact) mass is 151 g/mol. The van der Waals surface area contributed by atoms with E-state index < -0.39 is 0 Å². The van der Waals surface area contributed by atoms with Crippen molar-refractivity contribution in [3.8, 4) is 0 Å². The van der Waals surface area contributed by atoms with Gasteiger partial charge in [0.2, 0.25) is 0 Å². The van der Waals surface area contributed by atoms with E-state index in [4.69, 9.17) is 4.42 Å². The molecule has 0 aliphatic heterocycles. The summed E-state index contributed by atoms with van der Waals surface area (Å²) in [5.41, 5.74) is 1.65. The first-order chi connectivity index (χ1) is 5.27. The zero-order valence-corrected chi connectivity index (χ0v) is 5.97. The number of hydrogen-bond acceptors (Lipinski definition) is 2. The van der Waals surface area contributed by atoms with Crippen molar-refractivity contribution in [2.75, 3.05) is 0 Å². The Hall–Kier alpha value is -1.38. The number of aromatic nitrogens is 1. The van der Waals surface area contributed by atoms with E-state index in [1.54, 1.807) is 6.07 Å². The topological polar surface area (TPSA) is 26.0 Å². The van der Waals surface area contributed by atoms with E-state index in [0.717, 1.165) is 5.56 Å². The molecule has 3 heteroatoms. The van der Waals surface area contributed by atoms with E-state index >= 15 is 0 Å². The largest absolute Gasteiger partial charge is 0.440 e. The van der Waals surface area contributed by atoms with Gasteiger partial charge >= 0.3 is 0 Å². The van der Waals surface area contributed by atoms with Crippen LogP contribution in [0.4, 0.5) is 4.39 Å². The average Bonchev–Trinajstić information content (AvgIpc) is 2.34. The van der Waals surface area contributed by atoms with Gasteiger partial charge < -0.3 is 4.42 Å². The minimum atomic E-state index is -0.350. The number of oxazole rings is 1. The third kappa shape index (κ3) is 0.888. The van der Waals surface area contributed by atoms with Crippen LogP contribution >= 0.6 is 0 Å². The molecule has 0 saturated carbocycles. The van der Waals surface area contributed by atoms with E-state index in [1.807, 2.05) is 6.92 Å². The van der Waals surface area contributed by atoms with Crippen LogP contribution in [0.15, 0.2) is 22.9 Å². The summed E-state index contributed by atoms with van der Waals surface area (Å²) < 4.78 is 17.8. The molecule has 0 fully saturated rings. The average molecular weight is 151 g/mol. The molecule has 2 rings (SSSR count). The molecule has 1 aromatic carbocycles. The van der Waals surface area contributed by atoms with Crippen LogP contribution in [0.3, 0.4) is 0 Å². The normalized spacial score (nSPS) is 10.7. The van der Waals surface area contributed by atoms with Crippen molar-refractivity contribution >= 4 is 11.1 Å². The van der Waals surface area contributed by atoms with Crippen LogP contribution in [0, 0.1) is 12.7 Å². The van der Waals surface area contributed by atoms with Crippen molar-refractivity contribution in [2.45, 2.75) is 6.92 Å². The number of aryl methyl sites for hydroxylation is 1. The fourth-order valence-electron chi connectivity index (χ4n) is 1.06. The lowest BCUT2D eigenvalue weighted by Gasteiger charge is -1.91. The van der Waals surface area contributed by atoms with Gasteiger partial charge in [-0.25, -0.2) is 9.37 Å². The van der Waals surface area contributed by atoms with Crippen LogP contribution in [0.2, 0.25) is 0 Å². The summed E-state index contributed by atoms with van der Waals surface area (Å²) in [6, 6.07) is 3.20. The van der Waals surface area contributed by atoms with E-state index in [0.29, 0.717) is 5.52 Å². The number of nitrogens with zero attached hydrogens (tertiary/aromatic N) is 1. The summed E-state index contributed by atoms with van der Waals surface area (Å²) in [7, 11) is 0.